The Morgan fingerprint density at radius 3 is 0.938 bits per heavy atom. The lowest BCUT2D eigenvalue weighted by molar-refractivity contribution is -0.143. The summed E-state index contributed by atoms with van der Waals surface area (Å²) < 4.78 is 5.49. The summed E-state index contributed by atoms with van der Waals surface area (Å²) in [6, 6.07) is -0.540. The third-order valence-corrected chi connectivity index (χ3v) is 14.2. The number of aliphatic hydroxyl groups is 2. The van der Waals surface area contributed by atoms with E-state index in [1.807, 2.05) is 0 Å². The number of rotatable bonds is 56. The number of nitrogens with one attached hydrogen (secondary N) is 1. The fourth-order valence-corrected chi connectivity index (χ4v) is 9.58. The maximum absolute atomic E-state index is 12.4. The molecule has 6 heteroatoms. The lowest BCUT2D eigenvalue weighted by Crippen LogP contribution is -2.45. The van der Waals surface area contributed by atoms with Crippen LogP contribution in [0.2, 0.25) is 0 Å². The normalized spacial score (nSPS) is 12.5. The van der Waals surface area contributed by atoms with Crippen molar-refractivity contribution in [2.75, 3.05) is 13.2 Å². The molecule has 1 amide bonds. The Morgan fingerprint density at radius 2 is 0.631 bits per heavy atom. The minimum atomic E-state index is -0.662. The summed E-state index contributed by atoms with van der Waals surface area (Å²) >= 11 is 0. The molecular weight excluding hydrogens is 803 g/mol. The zero-order valence-electron chi connectivity index (χ0n) is 44.3. The van der Waals surface area contributed by atoms with Crippen molar-refractivity contribution in [2.45, 2.75) is 353 Å². The molecule has 2 atom stereocenters. The highest BCUT2D eigenvalue weighted by molar-refractivity contribution is 5.76. The monoisotopic (exact) mass is 920 g/mol. The topological polar surface area (TPSA) is 95.9 Å². The van der Waals surface area contributed by atoms with Gasteiger partial charge in [0.25, 0.3) is 0 Å². The molecule has 0 aliphatic heterocycles. The van der Waals surface area contributed by atoms with E-state index < -0.39 is 12.1 Å². The van der Waals surface area contributed by atoms with Crippen molar-refractivity contribution in [1.82, 2.24) is 5.32 Å². The Morgan fingerprint density at radius 1 is 0.369 bits per heavy atom. The summed E-state index contributed by atoms with van der Waals surface area (Å²) in [5.41, 5.74) is 0. The summed E-state index contributed by atoms with van der Waals surface area (Å²) in [5.74, 6) is -0.0187. The fraction of sp³-hybridized carbons (Fsp3) is 0.966. The Kier molecular flexibility index (Phi) is 54.5. The van der Waals surface area contributed by atoms with Crippen molar-refractivity contribution < 1.29 is 24.5 Å². The first-order valence-electron chi connectivity index (χ1n) is 29.8. The highest BCUT2D eigenvalue weighted by Crippen LogP contribution is 2.18. The summed E-state index contributed by atoms with van der Waals surface area (Å²) in [4.78, 5) is 24.5. The van der Waals surface area contributed by atoms with Crippen molar-refractivity contribution in [3.8, 4) is 0 Å². The number of aliphatic hydroxyl groups excluding tert-OH is 2. The van der Waals surface area contributed by atoms with Crippen LogP contribution in [-0.4, -0.2) is 47.4 Å². The van der Waals surface area contributed by atoms with Crippen molar-refractivity contribution in [2.24, 2.45) is 0 Å². The third-order valence-electron chi connectivity index (χ3n) is 14.2. The molecule has 0 aliphatic rings. The number of unbranched alkanes of at least 4 members (excludes halogenated alkanes) is 45. The van der Waals surface area contributed by atoms with Gasteiger partial charge in [0.05, 0.1) is 25.4 Å². The molecule has 2 unspecified atom stereocenters. The molecular formula is C59H117NO5. The molecule has 0 aromatic carbocycles. The Hall–Kier alpha value is -1.14. The smallest absolute Gasteiger partial charge is 0.305 e. The molecule has 6 nitrogen and oxygen atoms in total. The molecule has 65 heavy (non-hydrogen) atoms. The highest BCUT2D eigenvalue weighted by atomic mass is 16.5. The van der Waals surface area contributed by atoms with Crippen LogP contribution in [0.4, 0.5) is 0 Å². The Labute approximate surface area is 406 Å². The van der Waals surface area contributed by atoms with Crippen molar-refractivity contribution in [3.63, 3.8) is 0 Å². The predicted octanol–water partition coefficient (Wildman–Crippen LogP) is 18.3. The van der Waals surface area contributed by atoms with E-state index in [1.165, 1.54) is 270 Å². The molecule has 0 heterocycles. The van der Waals surface area contributed by atoms with Gasteiger partial charge in [-0.25, -0.2) is 0 Å². The van der Waals surface area contributed by atoms with E-state index in [1.54, 1.807) is 0 Å². The average molecular weight is 921 g/mol. The van der Waals surface area contributed by atoms with Crippen LogP contribution in [0.25, 0.3) is 0 Å². The molecule has 0 spiro atoms. The van der Waals surface area contributed by atoms with Crippen LogP contribution >= 0.6 is 0 Å². The number of amides is 1. The molecule has 0 saturated carbocycles. The fourth-order valence-electron chi connectivity index (χ4n) is 9.58. The number of esters is 1. The zero-order valence-corrected chi connectivity index (χ0v) is 44.3. The maximum atomic E-state index is 12.4. The number of ether oxygens (including phenoxy) is 1. The van der Waals surface area contributed by atoms with Gasteiger partial charge in [-0.2, -0.15) is 0 Å². The van der Waals surface area contributed by atoms with Gasteiger partial charge in [0, 0.05) is 12.8 Å². The van der Waals surface area contributed by atoms with E-state index in [4.69, 9.17) is 4.74 Å². The molecule has 0 bridgehead atoms. The largest absolute Gasteiger partial charge is 0.466 e. The molecule has 388 valence electrons. The molecule has 0 aromatic heterocycles. The lowest BCUT2D eigenvalue weighted by atomic mass is 10.0. The van der Waals surface area contributed by atoms with Crippen LogP contribution in [0.5, 0.6) is 0 Å². The molecule has 0 fully saturated rings. The SMILES string of the molecule is CCCCCCCCCCCCCCCCCC(=O)OCCCCCCCCCCCCCCCCCCCCCCCC(=O)NC(CO)C(O)CCCCCCCCCCCCCC. The first-order valence-corrected chi connectivity index (χ1v) is 29.8. The van der Waals surface area contributed by atoms with Gasteiger partial charge in [0.15, 0.2) is 0 Å². The van der Waals surface area contributed by atoms with Gasteiger partial charge < -0.3 is 20.3 Å². The van der Waals surface area contributed by atoms with Crippen LogP contribution < -0.4 is 5.32 Å². The van der Waals surface area contributed by atoms with Gasteiger partial charge in [-0.15, -0.1) is 0 Å². The molecule has 0 aromatic rings. The summed E-state index contributed by atoms with van der Waals surface area (Å²) in [5, 5.41) is 23.2. The van der Waals surface area contributed by atoms with Gasteiger partial charge >= 0.3 is 5.97 Å². The van der Waals surface area contributed by atoms with E-state index in [9.17, 15) is 19.8 Å². The average Bonchev–Trinajstić information content (AvgIpc) is 3.31. The van der Waals surface area contributed by atoms with Crippen LogP contribution in [0, 0.1) is 0 Å². The minimum Gasteiger partial charge on any atom is -0.466 e. The number of hydrogen-bond donors (Lipinski definition) is 3. The van der Waals surface area contributed by atoms with Gasteiger partial charge in [0.1, 0.15) is 0 Å². The Balaban J connectivity index is 3.35. The number of carbonyl (C=O) groups is 2. The summed E-state index contributed by atoms with van der Waals surface area (Å²) in [6.45, 7) is 4.97. The first-order chi connectivity index (χ1) is 32.0. The zero-order chi connectivity index (χ0) is 47.2. The summed E-state index contributed by atoms with van der Waals surface area (Å²) in [6.07, 6.45) is 63.9. The van der Waals surface area contributed by atoms with Crippen LogP contribution in [-0.2, 0) is 14.3 Å². The standard InChI is InChI=1S/C59H117NO5/c1-3-5-7-9-11-13-15-17-25-29-33-37-41-45-49-53-59(64)65-54-50-46-42-38-34-30-27-24-22-20-18-19-21-23-26-28-32-36-40-44-48-52-58(63)60-56(55-61)57(62)51-47-43-39-35-31-16-14-12-10-8-6-4-2/h56-57,61-62H,3-55H2,1-2H3,(H,60,63). The second-order valence-corrected chi connectivity index (χ2v) is 20.7. The minimum absolute atomic E-state index is 0.0157. The Bertz CT molecular complexity index is 928. The van der Waals surface area contributed by atoms with E-state index >= 15 is 0 Å². The van der Waals surface area contributed by atoms with E-state index in [0.717, 1.165) is 38.5 Å². The van der Waals surface area contributed by atoms with Crippen molar-refractivity contribution >= 4 is 11.9 Å². The highest BCUT2D eigenvalue weighted by Gasteiger charge is 2.20. The lowest BCUT2D eigenvalue weighted by Gasteiger charge is -2.22. The molecule has 0 rings (SSSR count). The van der Waals surface area contributed by atoms with Crippen molar-refractivity contribution in [3.05, 3.63) is 0 Å². The van der Waals surface area contributed by atoms with Crippen LogP contribution in [0.3, 0.4) is 0 Å². The van der Waals surface area contributed by atoms with Crippen molar-refractivity contribution in [1.29, 1.82) is 0 Å². The van der Waals surface area contributed by atoms with Crippen LogP contribution in [0.15, 0.2) is 0 Å². The van der Waals surface area contributed by atoms with E-state index in [2.05, 4.69) is 19.2 Å². The van der Waals surface area contributed by atoms with Gasteiger partial charge in [0.2, 0.25) is 5.91 Å². The first kappa shape index (κ1) is 63.9. The molecule has 3 N–H and O–H groups in total. The second-order valence-electron chi connectivity index (χ2n) is 20.7. The van der Waals surface area contributed by atoms with E-state index in [-0.39, 0.29) is 18.5 Å². The molecule has 0 radical (unpaired) electrons. The summed E-state index contributed by atoms with van der Waals surface area (Å²) in [7, 11) is 0. The number of hydrogen-bond acceptors (Lipinski definition) is 5. The van der Waals surface area contributed by atoms with Gasteiger partial charge in [-0.3, -0.25) is 9.59 Å². The number of carbonyl (C=O) groups excluding carboxylic acids is 2. The molecule has 0 aliphatic carbocycles. The third kappa shape index (κ3) is 52.1. The second kappa shape index (κ2) is 55.5. The van der Waals surface area contributed by atoms with Crippen LogP contribution in [0.1, 0.15) is 341 Å². The van der Waals surface area contributed by atoms with Gasteiger partial charge in [-0.05, 0) is 25.7 Å². The maximum Gasteiger partial charge on any atom is 0.305 e. The quantitative estimate of drug-likeness (QED) is 0.0417. The predicted molar refractivity (Wildman–Crippen MR) is 283 cm³/mol. The van der Waals surface area contributed by atoms with E-state index in [0.29, 0.717) is 25.9 Å². The molecule has 0 saturated heterocycles. The van der Waals surface area contributed by atoms with Gasteiger partial charge in [-0.1, -0.05) is 303 Å².